The number of rotatable bonds is 5. The highest BCUT2D eigenvalue weighted by Gasteiger charge is 2.05. The number of hydrogen-bond donors (Lipinski definition) is 1. The molecule has 0 aliphatic heterocycles. The molecule has 0 fully saturated rings. The number of carbonyl (C=O) groups excluding carboxylic acids is 1. The van der Waals surface area contributed by atoms with Gasteiger partial charge in [-0.15, -0.1) is 0 Å². The molecule has 6 heteroatoms. The summed E-state index contributed by atoms with van der Waals surface area (Å²) < 4.78 is 0. The molecule has 2 aromatic carbocycles. The van der Waals surface area contributed by atoms with Crippen LogP contribution in [0.1, 0.15) is 5.56 Å². The Hall–Kier alpha value is -2.04. The molecule has 2 aromatic rings. The zero-order valence-corrected chi connectivity index (χ0v) is 12.4. The standard InChI is InChI=1S/C15H12Cl2N2O2/c16-12-7-5-11(6-8-12)9-18-21-10-15(20)19-14-4-2-1-3-13(14)17/h1-9H,10H2,(H,19,20)/b18-9-. The van der Waals surface area contributed by atoms with Crippen molar-refractivity contribution in [3.05, 3.63) is 64.1 Å². The minimum Gasteiger partial charge on any atom is -0.386 e. The highest BCUT2D eigenvalue weighted by Crippen LogP contribution is 2.20. The quantitative estimate of drug-likeness (QED) is 0.668. The fraction of sp³-hybridized carbons (Fsp3) is 0.0667. The third kappa shape index (κ3) is 5.10. The second-order valence-electron chi connectivity index (χ2n) is 4.09. The first-order valence-electron chi connectivity index (χ1n) is 6.10. The van der Waals surface area contributed by atoms with Gasteiger partial charge in [-0.1, -0.05) is 52.6 Å². The predicted octanol–water partition coefficient (Wildman–Crippen LogP) is 3.98. The molecular formula is C15H12Cl2N2O2. The Labute approximate surface area is 132 Å². The Morgan fingerprint density at radius 1 is 1.14 bits per heavy atom. The van der Waals surface area contributed by atoms with Crippen LogP contribution in [0, 0.1) is 0 Å². The maximum absolute atomic E-state index is 11.6. The fourth-order valence-corrected chi connectivity index (χ4v) is 1.80. The monoisotopic (exact) mass is 322 g/mol. The van der Waals surface area contributed by atoms with Crippen molar-refractivity contribution >= 4 is 41.0 Å². The number of halogens is 2. The van der Waals surface area contributed by atoms with E-state index in [2.05, 4.69) is 10.5 Å². The topological polar surface area (TPSA) is 50.7 Å². The van der Waals surface area contributed by atoms with E-state index >= 15 is 0 Å². The van der Waals surface area contributed by atoms with Crippen molar-refractivity contribution in [3.8, 4) is 0 Å². The van der Waals surface area contributed by atoms with E-state index in [1.54, 1.807) is 48.5 Å². The summed E-state index contributed by atoms with van der Waals surface area (Å²) in [5.41, 5.74) is 1.36. The normalized spacial score (nSPS) is 10.6. The van der Waals surface area contributed by atoms with E-state index in [-0.39, 0.29) is 12.5 Å². The van der Waals surface area contributed by atoms with Gasteiger partial charge in [0.15, 0.2) is 6.61 Å². The maximum Gasteiger partial charge on any atom is 0.265 e. The van der Waals surface area contributed by atoms with Crippen LogP contribution < -0.4 is 5.32 Å². The maximum atomic E-state index is 11.6. The molecule has 1 amide bonds. The highest BCUT2D eigenvalue weighted by atomic mass is 35.5. The van der Waals surface area contributed by atoms with Gasteiger partial charge in [0.2, 0.25) is 0 Å². The lowest BCUT2D eigenvalue weighted by atomic mass is 10.2. The number of nitrogens with zero attached hydrogens (tertiary/aromatic N) is 1. The van der Waals surface area contributed by atoms with Gasteiger partial charge in [-0.3, -0.25) is 4.79 Å². The molecule has 0 aliphatic rings. The summed E-state index contributed by atoms with van der Waals surface area (Å²) in [6.45, 7) is -0.199. The van der Waals surface area contributed by atoms with Crippen molar-refractivity contribution in [3.63, 3.8) is 0 Å². The summed E-state index contributed by atoms with van der Waals surface area (Å²) in [6, 6.07) is 14.0. The lowest BCUT2D eigenvalue weighted by molar-refractivity contribution is -0.120. The Balaban J connectivity index is 1.79. The molecule has 0 bridgehead atoms. The van der Waals surface area contributed by atoms with Crippen molar-refractivity contribution in [2.24, 2.45) is 5.16 Å². The van der Waals surface area contributed by atoms with Crippen molar-refractivity contribution in [2.45, 2.75) is 0 Å². The van der Waals surface area contributed by atoms with E-state index in [9.17, 15) is 4.79 Å². The summed E-state index contributed by atoms with van der Waals surface area (Å²) in [4.78, 5) is 16.6. The summed E-state index contributed by atoms with van der Waals surface area (Å²) in [7, 11) is 0. The number of benzene rings is 2. The number of anilines is 1. The zero-order chi connectivity index (χ0) is 15.1. The second-order valence-corrected chi connectivity index (χ2v) is 4.93. The molecule has 1 N–H and O–H groups in total. The molecular weight excluding hydrogens is 311 g/mol. The number of amides is 1. The molecule has 0 unspecified atom stereocenters. The van der Waals surface area contributed by atoms with Gasteiger partial charge in [0.1, 0.15) is 0 Å². The van der Waals surface area contributed by atoms with Crippen LogP contribution in [0.5, 0.6) is 0 Å². The first kappa shape index (κ1) is 15.4. The largest absolute Gasteiger partial charge is 0.386 e. The van der Waals surface area contributed by atoms with Crippen LogP contribution >= 0.6 is 23.2 Å². The lowest BCUT2D eigenvalue weighted by Crippen LogP contribution is -2.17. The molecule has 108 valence electrons. The average molecular weight is 323 g/mol. The molecule has 0 aromatic heterocycles. The lowest BCUT2D eigenvalue weighted by Gasteiger charge is -2.05. The Morgan fingerprint density at radius 2 is 1.86 bits per heavy atom. The van der Waals surface area contributed by atoms with E-state index in [0.29, 0.717) is 15.7 Å². The zero-order valence-electron chi connectivity index (χ0n) is 10.9. The van der Waals surface area contributed by atoms with Crippen molar-refractivity contribution in [2.75, 3.05) is 11.9 Å². The number of carbonyl (C=O) groups is 1. The van der Waals surface area contributed by atoms with Crippen LogP contribution in [0.4, 0.5) is 5.69 Å². The molecule has 4 nitrogen and oxygen atoms in total. The van der Waals surface area contributed by atoms with Gasteiger partial charge in [0.05, 0.1) is 16.9 Å². The van der Waals surface area contributed by atoms with Gasteiger partial charge in [-0.2, -0.15) is 0 Å². The van der Waals surface area contributed by atoms with E-state index in [1.807, 2.05) is 0 Å². The first-order valence-corrected chi connectivity index (χ1v) is 6.86. The van der Waals surface area contributed by atoms with Gasteiger partial charge in [-0.05, 0) is 29.8 Å². The van der Waals surface area contributed by atoms with E-state index in [0.717, 1.165) is 5.56 Å². The fourth-order valence-electron chi connectivity index (χ4n) is 1.49. The molecule has 0 spiro atoms. The Morgan fingerprint density at radius 3 is 2.57 bits per heavy atom. The first-order chi connectivity index (χ1) is 10.1. The highest BCUT2D eigenvalue weighted by molar-refractivity contribution is 6.33. The molecule has 0 saturated heterocycles. The van der Waals surface area contributed by atoms with Crippen LogP contribution in [-0.4, -0.2) is 18.7 Å². The number of hydrogen-bond acceptors (Lipinski definition) is 3. The van der Waals surface area contributed by atoms with E-state index < -0.39 is 0 Å². The molecule has 0 aliphatic carbocycles. The molecule has 2 rings (SSSR count). The minimum atomic E-state index is -0.337. The summed E-state index contributed by atoms with van der Waals surface area (Å²) in [6.07, 6.45) is 1.50. The summed E-state index contributed by atoms with van der Waals surface area (Å²) in [5.74, 6) is -0.337. The van der Waals surface area contributed by atoms with Gasteiger partial charge < -0.3 is 10.2 Å². The Kier molecular flexibility index (Phi) is 5.60. The van der Waals surface area contributed by atoms with Crippen LogP contribution in [0.15, 0.2) is 53.7 Å². The number of para-hydroxylation sites is 1. The Bertz CT molecular complexity index is 642. The van der Waals surface area contributed by atoms with Gasteiger partial charge >= 0.3 is 0 Å². The molecule has 0 heterocycles. The van der Waals surface area contributed by atoms with Gasteiger partial charge in [0.25, 0.3) is 5.91 Å². The van der Waals surface area contributed by atoms with Crippen molar-refractivity contribution in [1.29, 1.82) is 0 Å². The molecule has 21 heavy (non-hydrogen) atoms. The van der Waals surface area contributed by atoms with E-state index in [4.69, 9.17) is 28.0 Å². The molecule has 0 atom stereocenters. The SMILES string of the molecule is O=C(CO/N=C\c1ccc(Cl)cc1)Nc1ccccc1Cl. The smallest absolute Gasteiger partial charge is 0.265 e. The third-order valence-corrected chi connectivity index (χ3v) is 3.07. The molecule has 0 saturated carbocycles. The van der Waals surface area contributed by atoms with E-state index in [1.165, 1.54) is 6.21 Å². The predicted molar refractivity (Wildman–Crippen MR) is 85.1 cm³/mol. The third-order valence-electron chi connectivity index (χ3n) is 2.49. The minimum absolute atomic E-state index is 0.199. The summed E-state index contributed by atoms with van der Waals surface area (Å²) >= 11 is 11.7. The average Bonchev–Trinajstić information content (AvgIpc) is 2.48. The van der Waals surface area contributed by atoms with Crippen LogP contribution in [-0.2, 0) is 9.63 Å². The van der Waals surface area contributed by atoms with Crippen LogP contribution in [0.25, 0.3) is 0 Å². The van der Waals surface area contributed by atoms with Gasteiger partial charge in [0, 0.05) is 5.02 Å². The van der Waals surface area contributed by atoms with Gasteiger partial charge in [-0.25, -0.2) is 0 Å². The summed E-state index contributed by atoms with van der Waals surface area (Å²) in [5, 5.41) is 7.46. The van der Waals surface area contributed by atoms with Crippen molar-refractivity contribution < 1.29 is 9.63 Å². The van der Waals surface area contributed by atoms with Crippen LogP contribution in [0.2, 0.25) is 10.0 Å². The number of oxime groups is 1. The second kappa shape index (κ2) is 7.67. The molecule has 0 radical (unpaired) electrons. The van der Waals surface area contributed by atoms with Crippen LogP contribution in [0.3, 0.4) is 0 Å². The number of nitrogens with one attached hydrogen (secondary N) is 1. The van der Waals surface area contributed by atoms with Crippen molar-refractivity contribution in [1.82, 2.24) is 0 Å².